The third kappa shape index (κ3) is 3.81. The Balaban J connectivity index is 1.77. The monoisotopic (exact) mass is 427 g/mol. The zero-order valence-electron chi connectivity index (χ0n) is 17.4. The Kier molecular flexibility index (Phi) is 5.80. The summed E-state index contributed by atoms with van der Waals surface area (Å²) in [6.45, 7) is 2.29. The van der Waals surface area contributed by atoms with Crippen LogP contribution in [0.2, 0.25) is 0 Å². The molecule has 10 heteroatoms. The molecule has 3 heterocycles. The summed E-state index contributed by atoms with van der Waals surface area (Å²) in [6, 6.07) is 7.51. The Morgan fingerprint density at radius 1 is 1.27 bits per heavy atom. The fourth-order valence-electron chi connectivity index (χ4n) is 3.67. The standard InChI is InChI=1S/C20H25N7O2S/c1-23(12-15-11-21-24(2)13-15)14-26-20(30)27-17-8-5-4-7-16(17)18(28)25(19(27)22-26)9-6-10-29-3/h4-5,7-8,11,13H,6,9-10,12,14H2,1-3H3. The van der Waals surface area contributed by atoms with E-state index >= 15 is 0 Å². The fourth-order valence-corrected chi connectivity index (χ4v) is 3.95. The van der Waals surface area contributed by atoms with Crippen molar-refractivity contribution in [3.63, 3.8) is 0 Å². The second-order valence-electron chi connectivity index (χ2n) is 7.42. The van der Waals surface area contributed by atoms with Crippen LogP contribution in [0.5, 0.6) is 0 Å². The molecule has 3 aromatic heterocycles. The van der Waals surface area contributed by atoms with E-state index < -0.39 is 0 Å². The topological polar surface area (TPSA) is 74.5 Å². The van der Waals surface area contributed by atoms with E-state index in [0.29, 0.717) is 48.7 Å². The maximum Gasteiger partial charge on any atom is 0.262 e. The van der Waals surface area contributed by atoms with Gasteiger partial charge in [-0.2, -0.15) is 5.10 Å². The van der Waals surface area contributed by atoms with E-state index in [4.69, 9.17) is 22.1 Å². The van der Waals surface area contributed by atoms with Gasteiger partial charge >= 0.3 is 0 Å². The first-order chi connectivity index (χ1) is 14.5. The summed E-state index contributed by atoms with van der Waals surface area (Å²) in [7, 11) is 5.56. The van der Waals surface area contributed by atoms with Gasteiger partial charge in [0.25, 0.3) is 5.56 Å². The van der Waals surface area contributed by atoms with E-state index in [2.05, 4.69) is 10.00 Å². The molecule has 0 bridgehead atoms. The van der Waals surface area contributed by atoms with Crippen LogP contribution in [0.3, 0.4) is 0 Å². The maximum absolute atomic E-state index is 13.1. The Labute approximate surface area is 178 Å². The molecule has 9 nitrogen and oxygen atoms in total. The molecule has 0 saturated heterocycles. The summed E-state index contributed by atoms with van der Waals surface area (Å²) in [6.07, 6.45) is 4.55. The third-order valence-corrected chi connectivity index (χ3v) is 5.39. The molecule has 0 radical (unpaired) electrons. The number of para-hydroxylation sites is 1. The summed E-state index contributed by atoms with van der Waals surface area (Å²) in [4.78, 5) is 15.2. The van der Waals surface area contributed by atoms with E-state index in [1.54, 1.807) is 21.0 Å². The number of hydrogen-bond donors (Lipinski definition) is 0. The lowest BCUT2D eigenvalue weighted by Gasteiger charge is -2.14. The molecule has 158 valence electrons. The molecule has 0 fully saturated rings. The Bertz CT molecular complexity index is 1300. The van der Waals surface area contributed by atoms with Crippen molar-refractivity contribution in [2.24, 2.45) is 7.05 Å². The minimum absolute atomic E-state index is 0.0648. The highest BCUT2D eigenvalue weighted by atomic mass is 32.1. The average molecular weight is 428 g/mol. The van der Waals surface area contributed by atoms with Crippen LogP contribution in [0.1, 0.15) is 12.0 Å². The van der Waals surface area contributed by atoms with Crippen molar-refractivity contribution < 1.29 is 4.74 Å². The highest BCUT2D eigenvalue weighted by Crippen LogP contribution is 2.15. The Morgan fingerprint density at radius 2 is 2.07 bits per heavy atom. The van der Waals surface area contributed by atoms with E-state index in [9.17, 15) is 4.79 Å². The Morgan fingerprint density at radius 3 is 2.80 bits per heavy atom. The molecular formula is C20H25N7O2S. The molecule has 30 heavy (non-hydrogen) atoms. The number of methoxy groups -OCH3 is 1. The highest BCUT2D eigenvalue weighted by molar-refractivity contribution is 7.71. The highest BCUT2D eigenvalue weighted by Gasteiger charge is 2.16. The second-order valence-corrected chi connectivity index (χ2v) is 7.78. The van der Waals surface area contributed by atoms with Gasteiger partial charge in [-0.05, 0) is 37.8 Å². The van der Waals surface area contributed by atoms with Crippen LogP contribution in [-0.4, -0.2) is 54.2 Å². The molecule has 0 aliphatic carbocycles. The van der Waals surface area contributed by atoms with Gasteiger partial charge in [0, 0.05) is 45.6 Å². The minimum Gasteiger partial charge on any atom is -0.385 e. The predicted molar refractivity (Wildman–Crippen MR) is 117 cm³/mol. The molecule has 0 unspecified atom stereocenters. The van der Waals surface area contributed by atoms with Crippen LogP contribution >= 0.6 is 12.2 Å². The molecule has 0 atom stereocenters. The van der Waals surface area contributed by atoms with Crippen molar-refractivity contribution in [1.29, 1.82) is 0 Å². The third-order valence-electron chi connectivity index (χ3n) is 5.00. The molecule has 0 spiro atoms. The molecule has 0 aliphatic rings. The van der Waals surface area contributed by atoms with Crippen molar-refractivity contribution in [3.05, 3.63) is 57.3 Å². The van der Waals surface area contributed by atoms with E-state index in [0.717, 1.165) is 11.1 Å². The summed E-state index contributed by atoms with van der Waals surface area (Å²) in [5, 5.41) is 9.57. The van der Waals surface area contributed by atoms with E-state index in [1.807, 2.05) is 55.2 Å². The van der Waals surface area contributed by atoms with Gasteiger partial charge in [0.15, 0.2) is 0 Å². The number of rotatable bonds is 8. The van der Waals surface area contributed by atoms with Crippen LogP contribution in [-0.2, 0) is 31.5 Å². The van der Waals surface area contributed by atoms with Crippen LogP contribution in [0, 0.1) is 4.77 Å². The number of hydrogen-bond acceptors (Lipinski definition) is 6. The quantitative estimate of drug-likeness (QED) is 0.316. The van der Waals surface area contributed by atoms with Crippen molar-refractivity contribution in [3.8, 4) is 0 Å². The molecule has 0 amide bonds. The van der Waals surface area contributed by atoms with E-state index in [1.165, 1.54) is 0 Å². The first-order valence-electron chi connectivity index (χ1n) is 9.75. The first-order valence-corrected chi connectivity index (χ1v) is 10.2. The van der Waals surface area contributed by atoms with Crippen LogP contribution in [0.4, 0.5) is 0 Å². The first kappa shape index (κ1) is 20.5. The van der Waals surface area contributed by atoms with Gasteiger partial charge in [-0.3, -0.25) is 23.3 Å². The summed E-state index contributed by atoms with van der Waals surface area (Å²) < 4.78 is 12.8. The SMILES string of the molecule is COCCCn1c(=O)c2ccccc2n2c(=S)n(CN(C)Cc3cnn(C)c3)nc12. The van der Waals surface area contributed by atoms with Crippen molar-refractivity contribution in [1.82, 2.24) is 33.4 Å². The van der Waals surface area contributed by atoms with Gasteiger partial charge in [-0.15, -0.1) is 5.10 Å². The number of ether oxygens (including phenoxy) is 1. The lowest BCUT2D eigenvalue weighted by molar-refractivity contribution is 0.190. The number of aryl methyl sites for hydroxylation is 2. The van der Waals surface area contributed by atoms with Gasteiger partial charge in [-0.25, -0.2) is 4.68 Å². The number of aromatic nitrogens is 6. The van der Waals surface area contributed by atoms with Gasteiger partial charge in [0.05, 0.1) is 23.8 Å². The van der Waals surface area contributed by atoms with Crippen molar-refractivity contribution in [2.45, 2.75) is 26.2 Å². The minimum atomic E-state index is -0.0648. The molecule has 4 aromatic rings. The lowest BCUT2D eigenvalue weighted by Crippen LogP contribution is -2.24. The summed E-state index contributed by atoms with van der Waals surface area (Å²) in [5.74, 6) is 0.551. The van der Waals surface area contributed by atoms with Crippen LogP contribution in [0.15, 0.2) is 41.5 Å². The zero-order valence-corrected chi connectivity index (χ0v) is 18.2. The normalized spacial score (nSPS) is 11.9. The zero-order chi connectivity index (χ0) is 21.3. The van der Waals surface area contributed by atoms with Crippen molar-refractivity contribution in [2.75, 3.05) is 20.8 Å². The lowest BCUT2D eigenvalue weighted by atomic mass is 10.2. The van der Waals surface area contributed by atoms with Gasteiger partial charge in [-0.1, -0.05) is 12.1 Å². The number of fused-ring (bicyclic) bond motifs is 3. The van der Waals surface area contributed by atoms with E-state index in [-0.39, 0.29) is 5.56 Å². The Hall–Kier alpha value is -2.82. The largest absolute Gasteiger partial charge is 0.385 e. The number of benzene rings is 1. The molecule has 1 aromatic carbocycles. The average Bonchev–Trinajstić information content (AvgIpc) is 3.27. The maximum atomic E-state index is 13.1. The van der Waals surface area contributed by atoms with Gasteiger partial charge in [0.1, 0.15) is 0 Å². The fraction of sp³-hybridized carbons (Fsp3) is 0.400. The second kappa shape index (κ2) is 8.50. The predicted octanol–water partition coefficient (Wildman–Crippen LogP) is 2.04. The molecule has 4 rings (SSSR count). The van der Waals surface area contributed by atoms with Crippen molar-refractivity contribution >= 4 is 28.9 Å². The van der Waals surface area contributed by atoms with Gasteiger partial charge in [0.2, 0.25) is 10.5 Å². The molecular weight excluding hydrogens is 402 g/mol. The molecule has 0 N–H and O–H groups in total. The van der Waals surface area contributed by atoms with Crippen LogP contribution in [0.25, 0.3) is 16.7 Å². The molecule has 0 aliphatic heterocycles. The van der Waals surface area contributed by atoms with Gasteiger partial charge < -0.3 is 4.74 Å². The summed E-state index contributed by atoms with van der Waals surface area (Å²) in [5.41, 5.74) is 1.81. The molecule has 0 saturated carbocycles. The van der Waals surface area contributed by atoms with Crippen LogP contribution < -0.4 is 5.56 Å². The smallest absolute Gasteiger partial charge is 0.262 e. The number of nitrogens with zero attached hydrogens (tertiary/aromatic N) is 7. The summed E-state index contributed by atoms with van der Waals surface area (Å²) >= 11 is 5.76.